The Morgan fingerprint density at radius 1 is 1.39 bits per heavy atom. The van der Waals surface area contributed by atoms with Crippen molar-refractivity contribution in [1.29, 1.82) is 0 Å². The van der Waals surface area contributed by atoms with Crippen LogP contribution in [0.2, 0.25) is 10.0 Å². The number of halogens is 2. The molecule has 2 rings (SSSR count). The van der Waals surface area contributed by atoms with Gasteiger partial charge in [-0.1, -0.05) is 23.2 Å². The number of fused-ring (bicyclic) bond motifs is 1. The first-order valence-corrected chi connectivity index (χ1v) is 5.83. The molecule has 1 aromatic carbocycles. The van der Waals surface area contributed by atoms with Gasteiger partial charge in [0, 0.05) is 10.4 Å². The van der Waals surface area contributed by atoms with Crippen molar-refractivity contribution in [2.24, 2.45) is 0 Å². The van der Waals surface area contributed by atoms with E-state index in [9.17, 15) is 4.79 Å². The standard InChI is InChI=1S/C11H9Cl2N3O2/c1-5(11(17)18)16-10-7-2-6(12)3-8(13)9(7)14-4-15-10/h2-5H,1H3,(H,17,18)(H,14,15,16). The highest BCUT2D eigenvalue weighted by atomic mass is 35.5. The average molecular weight is 286 g/mol. The minimum Gasteiger partial charge on any atom is -0.480 e. The Bertz CT molecular complexity index is 619. The second kappa shape index (κ2) is 4.96. The number of hydrogen-bond acceptors (Lipinski definition) is 4. The molecule has 94 valence electrons. The van der Waals surface area contributed by atoms with Crippen molar-refractivity contribution >= 4 is 45.9 Å². The van der Waals surface area contributed by atoms with Crippen molar-refractivity contribution in [2.75, 3.05) is 5.32 Å². The molecule has 1 aromatic heterocycles. The number of nitrogens with zero attached hydrogens (tertiary/aromatic N) is 2. The molecule has 0 fully saturated rings. The Morgan fingerprint density at radius 2 is 2.11 bits per heavy atom. The number of anilines is 1. The van der Waals surface area contributed by atoms with Crippen LogP contribution in [0.1, 0.15) is 6.92 Å². The Hall–Kier alpha value is -1.59. The molecule has 1 atom stereocenters. The fraction of sp³-hybridized carbons (Fsp3) is 0.182. The van der Waals surface area contributed by atoms with Crippen LogP contribution in [-0.4, -0.2) is 27.1 Å². The summed E-state index contributed by atoms with van der Waals surface area (Å²) in [5, 5.41) is 13.1. The number of rotatable bonds is 3. The highest BCUT2D eigenvalue weighted by Crippen LogP contribution is 2.29. The zero-order chi connectivity index (χ0) is 13.3. The molecule has 0 aliphatic heterocycles. The van der Waals surface area contributed by atoms with Gasteiger partial charge in [-0.3, -0.25) is 4.79 Å². The van der Waals surface area contributed by atoms with Crippen molar-refractivity contribution in [3.8, 4) is 0 Å². The molecule has 0 aliphatic carbocycles. The first kappa shape index (κ1) is 12.9. The van der Waals surface area contributed by atoms with Crippen LogP contribution < -0.4 is 5.32 Å². The number of benzene rings is 1. The van der Waals surface area contributed by atoms with Crippen LogP contribution in [0, 0.1) is 0 Å². The molecule has 0 spiro atoms. The predicted molar refractivity (Wildman–Crippen MR) is 70.3 cm³/mol. The van der Waals surface area contributed by atoms with Gasteiger partial charge >= 0.3 is 5.97 Å². The fourth-order valence-corrected chi connectivity index (χ4v) is 2.02. The van der Waals surface area contributed by atoms with Crippen LogP contribution >= 0.6 is 23.2 Å². The number of hydrogen-bond donors (Lipinski definition) is 2. The van der Waals surface area contributed by atoms with E-state index in [0.717, 1.165) is 0 Å². The number of nitrogens with one attached hydrogen (secondary N) is 1. The summed E-state index contributed by atoms with van der Waals surface area (Å²) in [6.07, 6.45) is 1.32. The van der Waals surface area contributed by atoms with E-state index in [1.165, 1.54) is 13.3 Å². The third kappa shape index (κ3) is 2.47. The summed E-state index contributed by atoms with van der Waals surface area (Å²) < 4.78 is 0. The lowest BCUT2D eigenvalue weighted by molar-refractivity contribution is -0.137. The maximum Gasteiger partial charge on any atom is 0.325 e. The maximum atomic E-state index is 10.8. The lowest BCUT2D eigenvalue weighted by Crippen LogP contribution is -2.26. The summed E-state index contributed by atoms with van der Waals surface area (Å²) in [5.41, 5.74) is 0.524. The molecule has 18 heavy (non-hydrogen) atoms. The van der Waals surface area contributed by atoms with Gasteiger partial charge in [-0.15, -0.1) is 0 Å². The number of aliphatic carboxylic acids is 1. The van der Waals surface area contributed by atoms with Gasteiger partial charge in [-0.25, -0.2) is 9.97 Å². The number of carboxylic acid groups (broad SMARTS) is 1. The van der Waals surface area contributed by atoms with Gasteiger partial charge in [0.1, 0.15) is 18.2 Å². The lowest BCUT2D eigenvalue weighted by atomic mass is 10.2. The number of carboxylic acids is 1. The SMILES string of the molecule is CC(Nc1ncnc2c(Cl)cc(Cl)cc12)C(=O)O. The van der Waals surface area contributed by atoms with E-state index in [-0.39, 0.29) is 0 Å². The Morgan fingerprint density at radius 3 is 2.78 bits per heavy atom. The highest BCUT2D eigenvalue weighted by Gasteiger charge is 2.14. The van der Waals surface area contributed by atoms with E-state index in [2.05, 4.69) is 15.3 Å². The zero-order valence-electron chi connectivity index (χ0n) is 9.32. The second-order valence-electron chi connectivity index (χ2n) is 3.71. The topological polar surface area (TPSA) is 75.1 Å². The van der Waals surface area contributed by atoms with E-state index in [4.69, 9.17) is 28.3 Å². The van der Waals surface area contributed by atoms with Gasteiger partial charge < -0.3 is 10.4 Å². The van der Waals surface area contributed by atoms with Crippen LogP contribution in [0.15, 0.2) is 18.5 Å². The quantitative estimate of drug-likeness (QED) is 0.907. The average Bonchev–Trinajstić information content (AvgIpc) is 2.29. The zero-order valence-corrected chi connectivity index (χ0v) is 10.8. The van der Waals surface area contributed by atoms with Crippen molar-refractivity contribution in [3.63, 3.8) is 0 Å². The molecule has 0 bridgehead atoms. The predicted octanol–water partition coefficient (Wildman–Crippen LogP) is 2.82. The monoisotopic (exact) mass is 285 g/mol. The van der Waals surface area contributed by atoms with Gasteiger partial charge in [0.2, 0.25) is 0 Å². The van der Waals surface area contributed by atoms with Gasteiger partial charge in [0.15, 0.2) is 0 Å². The van der Waals surface area contributed by atoms with Crippen LogP contribution in [0.3, 0.4) is 0 Å². The van der Waals surface area contributed by atoms with Crippen LogP contribution in [0.4, 0.5) is 5.82 Å². The van der Waals surface area contributed by atoms with Crippen LogP contribution in [0.5, 0.6) is 0 Å². The normalized spacial score (nSPS) is 12.4. The number of aromatic nitrogens is 2. The summed E-state index contributed by atoms with van der Waals surface area (Å²) in [5.74, 6) is -0.589. The minimum absolute atomic E-state index is 0.388. The van der Waals surface area contributed by atoms with Crippen LogP contribution in [0.25, 0.3) is 10.9 Å². The molecular formula is C11H9Cl2N3O2. The molecule has 0 amide bonds. The largest absolute Gasteiger partial charge is 0.480 e. The van der Waals surface area contributed by atoms with E-state index < -0.39 is 12.0 Å². The molecular weight excluding hydrogens is 277 g/mol. The molecule has 2 aromatic rings. The Balaban J connectivity index is 2.54. The minimum atomic E-state index is -0.977. The van der Waals surface area contributed by atoms with Gasteiger partial charge in [0.05, 0.1) is 10.5 Å². The summed E-state index contributed by atoms with van der Waals surface area (Å²) >= 11 is 11.9. The van der Waals surface area contributed by atoms with Gasteiger partial charge in [-0.2, -0.15) is 0 Å². The van der Waals surface area contributed by atoms with E-state index in [0.29, 0.717) is 26.8 Å². The summed E-state index contributed by atoms with van der Waals surface area (Å²) in [4.78, 5) is 18.9. The first-order valence-electron chi connectivity index (χ1n) is 5.08. The summed E-state index contributed by atoms with van der Waals surface area (Å²) in [7, 11) is 0. The van der Waals surface area contributed by atoms with Crippen LogP contribution in [-0.2, 0) is 4.79 Å². The highest BCUT2D eigenvalue weighted by molar-refractivity contribution is 6.38. The smallest absolute Gasteiger partial charge is 0.325 e. The Kier molecular flexibility index (Phi) is 3.54. The first-order chi connectivity index (χ1) is 8.49. The van der Waals surface area contributed by atoms with E-state index in [1.54, 1.807) is 12.1 Å². The van der Waals surface area contributed by atoms with Crippen molar-refractivity contribution in [1.82, 2.24) is 9.97 Å². The molecule has 0 aliphatic rings. The third-order valence-electron chi connectivity index (χ3n) is 2.38. The summed E-state index contributed by atoms with van der Waals surface area (Å²) in [6, 6.07) is 2.43. The molecule has 1 heterocycles. The van der Waals surface area contributed by atoms with E-state index in [1.807, 2.05) is 0 Å². The van der Waals surface area contributed by atoms with Gasteiger partial charge in [-0.05, 0) is 19.1 Å². The molecule has 0 radical (unpaired) electrons. The molecule has 2 N–H and O–H groups in total. The van der Waals surface area contributed by atoms with Crippen molar-refractivity contribution in [3.05, 3.63) is 28.5 Å². The lowest BCUT2D eigenvalue weighted by Gasteiger charge is -2.12. The summed E-state index contributed by atoms with van der Waals surface area (Å²) in [6.45, 7) is 1.52. The van der Waals surface area contributed by atoms with Gasteiger partial charge in [0.25, 0.3) is 0 Å². The third-order valence-corrected chi connectivity index (χ3v) is 2.89. The van der Waals surface area contributed by atoms with E-state index >= 15 is 0 Å². The molecule has 5 nitrogen and oxygen atoms in total. The molecule has 0 saturated carbocycles. The van der Waals surface area contributed by atoms with Crippen molar-refractivity contribution in [2.45, 2.75) is 13.0 Å². The molecule has 1 unspecified atom stereocenters. The molecule has 7 heteroatoms. The fourth-order valence-electron chi connectivity index (χ4n) is 1.47. The maximum absolute atomic E-state index is 10.8. The Labute approximate surface area is 113 Å². The second-order valence-corrected chi connectivity index (χ2v) is 4.55. The van der Waals surface area contributed by atoms with Crippen molar-refractivity contribution < 1.29 is 9.90 Å². The molecule has 0 saturated heterocycles. The number of carbonyl (C=O) groups is 1.